The summed E-state index contributed by atoms with van der Waals surface area (Å²) in [5, 5.41) is 15.1. The molecule has 7 nitrogen and oxygen atoms in total. The summed E-state index contributed by atoms with van der Waals surface area (Å²) in [5.74, 6) is -0.872. The van der Waals surface area contributed by atoms with E-state index < -0.39 is 5.97 Å². The van der Waals surface area contributed by atoms with Gasteiger partial charge in [0.2, 0.25) is 0 Å². The Kier molecular flexibility index (Phi) is 9.15. The maximum Gasteiger partial charge on any atom is 0.304 e. The van der Waals surface area contributed by atoms with Crippen LogP contribution >= 0.6 is 11.8 Å². The summed E-state index contributed by atoms with van der Waals surface area (Å²) in [6, 6.07) is 33.6. The van der Waals surface area contributed by atoms with Gasteiger partial charge in [-0.15, -0.1) is 11.8 Å². The van der Waals surface area contributed by atoms with Crippen molar-refractivity contribution in [2.75, 3.05) is 10.6 Å². The number of para-hydroxylation sites is 1. The Balaban J connectivity index is 1.41. The van der Waals surface area contributed by atoms with Crippen molar-refractivity contribution in [1.82, 2.24) is 0 Å². The van der Waals surface area contributed by atoms with E-state index in [-0.39, 0.29) is 23.5 Å². The van der Waals surface area contributed by atoms with E-state index in [4.69, 9.17) is 5.73 Å². The predicted octanol–water partition coefficient (Wildman–Crippen LogP) is 6.17. The molecule has 5 N–H and O–H groups in total. The fourth-order valence-corrected chi connectivity index (χ4v) is 4.96. The average Bonchev–Trinajstić information content (AvgIpc) is 2.94. The SMILES string of the molecule is NC(=NCc1ccccc1)Nc1ccc(C(=O)Nc2ccccc2SC(CC(=O)O)c2ccccc2)cc1. The lowest BCUT2D eigenvalue weighted by atomic mass is 10.1. The van der Waals surface area contributed by atoms with Crippen LogP contribution in [-0.2, 0) is 11.3 Å². The lowest BCUT2D eigenvalue weighted by Crippen LogP contribution is -2.22. The van der Waals surface area contributed by atoms with E-state index >= 15 is 0 Å². The summed E-state index contributed by atoms with van der Waals surface area (Å²) in [4.78, 5) is 29.7. The van der Waals surface area contributed by atoms with Gasteiger partial charge < -0.3 is 21.5 Å². The minimum atomic E-state index is -0.882. The van der Waals surface area contributed by atoms with Gasteiger partial charge >= 0.3 is 5.97 Å². The number of nitrogens with zero attached hydrogens (tertiary/aromatic N) is 1. The zero-order valence-electron chi connectivity index (χ0n) is 20.6. The molecule has 0 aliphatic rings. The Labute approximate surface area is 225 Å². The zero-order chi connectivity index (χ0) is 26.7. The van der Waals surface area contributed by atoms with E-state index in [2.05, 4.69) is 15.6 Å². The van der Waals surface area contributed by atoms with Crippen molar-refractivity contribution in [2.45, 2.75) is 23.1 Å². The third kappa shape index (κ3) is 7.72. The Morgan fingerprint density at radius 2 is 1.45 bits per heavy atom. The van der Waals surface area contributed by atoms with Crippen molar-refractivity contribution in [3.63, 3.8) is 0 Å². The fourth-order valence-electron chi connectivity index (χ4n) is 3.73. The molecular weight excluding hydrogens is 496 g/mol. The Bertz CT molecular complexity index is 1390. The van der Waals surface area contributed by atoms with Gasteiger partial charge in [-0.05, 0) is 47.5 Å². The number of carbonyl (C=O) groups is 2. The first kappa shape index (κ1) is 26.5. The molecule has 4 aromatic carbocycles. The van der Waals surface area contributed by atoms with Gasteiger partial charge in [-0.2, -0.15) is 0 Å². The molecule has 4 rings (SSSR count). The number of anilines is 2. The molecule has 0 aliphatic heterocycles. The minimum absolute atomic E-state index is 0.0385. The summed E-state index contributed by atoms with van der Waals surface area (Å²) in [5.41, 5.74) is 9.78. The van der Waals surface area contributed by atoms with Crippen molar-refractivity contribution in [1.29, 1.82) is 0 Å². The third-order valence-corrected chi connectivity index (χ3v) is 6.96. The first-order valence-corrected chi connectivity index (χ1v) is 12.9. The third-order valence-electron chi connectivity index (χ3n) is 5.63. The minimum Gasteiger partial charge on any atom is -0.481 e. The van der Waals surface area contributed by atoms with Gasteiger partial charge in [0.05, 0.1) is 18.7 Å². The van der Waals surface area contributed by atoms with Gasteiger partial charge in [0.25, 0.3) is 5.91 Å². The molecule has 0 saturated heterocycles. The van der Waals surface area contributed by atoms with Crippen molar-refractivity contribution in [3.8, 4) is 0 Å². The second-order valence-electron chi connectivity index (χ2n) is 8.45. The number of aliphatic carboxylic acids is 1. The summed E-state index contributed by atoms with van der Waals surface area (Å²) < 4.78 is 0. The van der Waals surface area contributed by atoms with Crippen LogP contribution in [0.5, 0.6) is 0 Å². The van der Waals surface area contributed by atoms with Crippen molar-refractivity contribution >= 4 is 41.0 Å². The van der Waals surface area contributed by atoms with Crippen LogP contribution in [0.15, 0.2) is 119 Å². The topological polar surface area (TPSA) is 117 Å². The van der Waals surface area contributed by atoms with Crippen LogP contribution in [-0.4, -0.2) is 22.9 Å². The van der Waals surface area contributed by atoms with Crippen LogP contribution < -0.4 is 16.4 Å². The smallest absolute Gasteiger partial charge is 0.304 e. The predicted molar refractivity (Wildman–Crippen MR) is 154 cm³/mol. The standard InChI is InChI=1S/C30H28N4O3S/c31-30(32-20-21-9-3-1-4-10-21)33-24-17-15-23(16-18-24)29(37)34-25-13-7-8-14-26(25)38-27(19-28(35)36)22-11-5-2-6-12-22/h1-18,27H,19-20H2,(H,34,37)(H,35,36)(H3,31,32,33). The number of thioether (sulfide) groups is 1. The van der Waals surface area contributed by atoms with Crippen molar-refractivity contribution < 1.29 is 14.7 Å². The number of benzene rings is 4. The number of guanidine groups is 1. The number of hydrogen-bond donors (Lipinski definition) is 4. The van der Waals surface area contributed by atoms with E-state index in [0.29, 0.717) is 23.5 Å². The summed E-state index contributed by atoms with van der Waals surface area (Å²) in [6.07, 6.45) is -0.0385. The molecule has 0 aromatic heterocycles. The molecular formula is C30H28N4O3S. The van der Waals surface area contributed by atoms with Crippen LogP contribution in [0.3, 0.4) is 0 Å². The van der Waals surface area contributed by atoms with Gasteiger partial charge in [-0.3, -0.25) is 9.59 Å². The molecule has 0 aliphatic carbocycles. The number of rotatable bonds is 10. The Hall–Kier alpha value is -4.56. The van der Waals surface area contributed by atoms with Gasteiger partial charge in [0, 0.05) is 21.4 Å². The van der Waals surface area contributed by atoms with E-state index in [1.807, 2.05) is 84.9 Å². The van der Waals surface area contributed by atoms with Gasteiger partial charge in [0.1, 0.15) is 0 Å². The van der Waals surface area contributed by atoms with E-state index in [1.54, 1.807) is 24.3 Å². The molecule has 8 heteroatoms. The maximum atomic E-state index is 13.0. The molecule has 0 fully saturated rings. The highest BCUT2D eigenvalue weighted by atomic mass is 32.2. The van der Waals surface area contributed by atoms with Crippen LogP contribution in [0.4, 0.5) is 11.4 Å². The molecule has 1 unspecified atom stereocenters. The molecule has 1 amide bonds. The number of nitrogens with two attached hydrogens (primary N) is 1. The average molecular weight is 525 g/mol. The Morgan fingerprint density at radius 1 is 0.816 bits per heavy atom. The van der Waals surface area contributed by atoms with Gasteiger partial charge in [-0.25, -0.2) is 4.99 Å². The number of carboxylic acid groups (broad SMARTS) is 1. The first-order valence-electron chi connectivity index (χ1n) is 12.0. The van der Waals surface area contributed by atoms with Gasteiger partial charge in [-0.1, -0.05) is 72.8 Å². The van der Waals surface area contributed by atoms with E-state index in [0.717, 1.165) is 16.0 Å². The van der Waals surface area contributed by atoms with E-state index in [9.17, 15) is 14.7 Å². The molecule has 0 heterocycles. The molecule has 0 spiro atoms. The lowest BCUT2D eigenvalue weighted by Gasteiger charge is -2.18. The normalized spacial score (nSPS) is 11.9. The molecule has 38 heavy (non-hydrogen) atoms. The highest BCUT2D eigenvalue weighted by molar-refractivity contribution is 7.99. The second kappa shape index (κ2) is 13.1. The van der Waals surface area contributed by atoms with Crippen LogP contribution in [0.2, 0.25) is 0 Å². The number of carboxylic acids is 1. The molecule has 1 atom stereocenters. The first-order chi connectivity index (χ1) is 18.5. The van der Waals surface area contributed by atoms with Crippen LogP contribution in [0, 0.1) is 0 Å². The highest BCUT2D eigenvalue weighted by Gasteiger charge is 2.19. The zero-order valence-corrected chi connectivity index (χ0v) is 21.4. The Morgan fingerprint density at radius 3 is 2.13 bits per heavy atom. The summed E-state index contributed by atoms with van der Waals surface area (Å²) >= 11 is 1.41. The molecule has 192 valence electrons. The second-order valence-corrected chi connectivity index (χ2v) is 9.70. The van der Waals surface area contributed by atoms with E-state index in [1.165, 1.54) is 11.8 Å². The number of nitrogens with one attached hydrogen (secondary N) is 2. The van der Waals surface area contributed by atoms with Crippen molar-refractivity contribution in [2.24, 2.45) is 10.7 Å². The largest absolute Gasteiger partial charge is 0.481 e. The molecule has 0 radical (unpaired) electrons. The van der Waals surface area contributed by atoms with Crippen molar-refractivity contribution in [3.05, 3.63) is 126 Å². The summed E-state index contributed by atoms with van der Waals surface area (Å²) in [7, 11) is 0. The molecule has 0 bridgehead atoms. The van der Waals surface area contributed by atoms with Crippen LogP contribution in [0.1, 0.15) is 33.2 Å². The lowest BCUT2D eigenvalue weighted by molar-refractivity contribution is -0.137. The number of carbonyl (C=O) groups excluding carboxylic acids is 1. The van der Waals surface area contributed by atoms with Gasteiger partial charge in [0.15, 0.2) is 5.96 Å². The number of amides is 1. The molecule has 0 saturated carbocycles. The quantitative estimate of drug-likeness (QED) is 0.112. The maximum absolute atomic E-state index is 13.0. The van der Waals surface area contributed by atoms with Crippen LogP contribution in [0.25, 0.3) is 0 Å². The highest BCUT2D eigenvalue weighted by Crippen LogP contribution is 2.41. The molecule has 4 aromatic rings. The monoisotopic (exact) mass is 524 g/mol. The number of aliphatic imine (C=N–C) groups is 1. The fraction of sp³-hybridized carbons (Fsp3) is 0.100. The summed E-state index contributed by atoms with van der Waals surface area (Å²) in [6.45, 7) is 0.467. The number of hydrogen-bond acceptors (Lipinski definition) is 4.